The number of esters is 1. The minimum absolute atomic E-state index is 0.00789. The lowest BCUT2D eigenvalue weighted by Crippen LogP contribution is -2.10. The smallest absolute Gasteiger partial charge is 0.340 e. The number of hydrogen-bond donors (Lipinski definition) is 1. The molecule has 0 saturated carbocycles. The lowest BCUT2D eigenvalue weighted by atomic mass is 10.1. The molecule has 0 aliphatic carbocycles. The summed E-state index contributed by atoms with van der Waals surface area (Å²) >= 11 is 1.66. The first kappa shape index (κ1) is 14.7. The minimum Gasteiger partial charge on any atom is -0.465 e. The van der Waals surface area contributed by atoms with E-state index in [1.54, 1.807) is 24.0 Å². The molecule has 1 heterocycles. The van der Waals surface area contributed by atoms with E-state index in [1.165, 1.54) is 7.11 Å². The number of aromatic nitrogens is 1. The van der Waals surface area contributed by atoms with Crippen molar-refractivity contribution in [3.8, 4) is 0 Å². The van der Waals surface area contributed by atoms with Crippen molar-refractivity contribution in [3.63, 3.8) is 0 Å². The van der Waals surface area contributed by atoms with Crippen LogP contribution in [0.2, 0.25) is 0 Å². The third kappa shape index (κ3) is 2.88. The summed E-state index contributed by atoms with van der Waals surface area (Å²) in [5, 5.41) is 0.780. The molecule has 0 radical (unpaired) electrons. The van der Waals surface area contributed by atoms with Gasteiger partial charge in [0.25, 0.3) is 0 Å². The molecule has 2 N–H and O–H groups in total. The second-order valence-corrected chi connectivity index (χ2v) is 7.31. The molecule has 0 amide bonds. The number of nitrogens with two attached hydrogens (primary N) is 1. The van der Waals surface area contributed by atoms with Crippen LogP contribution in [0.1, 0.15) is 31.1 Å². The summed E-state index contributed by atoms with van der Waals surface area (Å²) in [6, 6.07) is 5.45. The maximum atomic E-state index is 11.9. The number of rotatable bonds is 2. The summed E-state index contributed by atoms with van der Waals surface area (Å²) in [7, 11) is 1.35. The van der Waals surface area contributed by atoms with E-state index in [9.17, 15) is 4.79 Å². The van der Waals surface area contributed by atoms with Crippen LogP contribution in [-0.2, 0) is 4.74 Å². The number of ether oxygens (including phenoxy) is 1. The van der Waals surface area contributed by atoms with E-state index in [0.717, 1.165) is 15.8 Å². The zero-order valence-corrected chi connectivity index (χ0v) is 12.9. The number of nitrogens with zero attached hydrogens (tertiary/aromatic N) is 1. The predicted octanol–water partition coefficient (Wildman–Crippen LogP) is 3.49. The monoisotopic (exact) mass is 290 g/mol. The van der Waals surface area contributed by atoms with Crippen LogP contribution in [0.3, 0.4) is 0 Å². The number of nitrogen functional groups attached to an aromatic ring is 1. The normalized spacial score (nSPS) is 11.6. The fourth-order valence-corrected chi connectivity index (χ4v) is 3.02. The predicted molar refractivity (Wildman–Crippen MR) is 83.1 cm³/mol. The van der Waals surface area contributed by atoms with E-state index < -0.39 is 5.97 Å². The summed E-state index contributed by atoms with van der Waals surface area (Å²) in [4.78, 5) is 17.2. The van der Waals surface area contributed by atoms with Gasteiger partial charge in [0.2, 0.25) is 0 Å². The fourth-order valence-electron chi connectivity index (χ4n) is 1.93. The summed E-state index contributed by atoms with van der Waals surface area (Å²) in [6.45, 7) is 6.34. The average Bonchev–Trinajstić information content (AvgIpc) is 2.40. The van der Waals surface area contributed by atoms with E-state index in [2.05, 4.69) is 25.8 Å². The number of hydrogen-bond acceptors (Lipinski definition) is 5. The third-order valence-electron chi connectivity index (χ3n) is 2.72. The summed E-state index contributed by atoms with van der Waals surface area (Å²) in [5.74, 6) is -0.427. The van der Waals surface area contributed by atoms with Gasteiger partial charge < -0.3 is 10.5 Å². The summed E-state index contributed by atoms with van der Waals surface area (Å²) in [6.07, 6.45) is 1.73. The SMILES string of the molecule is COC(=O)c1cc(SC(C)(C)C)c2ncccc2c1N. The molecule has 0 saturated heterocycles. The number of pyridine rings is 1. The lowest BCUT2D eigenvalue weighted by molar-refractivity contribution is 0.0602. The lowest BCUT2D eigenvalue weighted by Gasteiger charge is -2.20. The van der Waals surface area contributed by atoms with Crippen LogP contribution in [0, 0.1) is 0 Å². The number of thioether (sulfide) groups is 1. The summed E-state index contributed by atoms with van der Waals surface area (Å²) < 4.78 is 4.81. The highest BCUT2D eigenvalue weighted by Gasteiger charge is 2.20. The van der Waals surface area contributed by atoms with Gasteiger partial charge in [-0.15, -0.1) is 11.8 Å². The van der Waals surface area contributed by atoms with E-state index in [1.807, 2.05) is 12.1 Å². The first-order valence-electron chi connectivity index (χ1n) is 6.28. The van der Waals surface area contributed by atoms with Crippen molar-refractivity contribution in [2.45, 2.75) is 30.4 Å². The van der Waals surface area contributed by atoms with Crippen molar-refractivity contribution >= 4 is 34.3 Å². The number of carbonyl (C=O) groups excluding carboxylic acids is 1. The quantitative estimate of drug-likeness (QED) is 0.521. The Bertz CT molecular complexity index is 663. The first-order valence-corrected chi connectivity index (χ1v) is 7.09. The molecule has 106 valence electrons. The Hall–Kier alpha value is -1.75. The molecule has 0 aliphatic heterocycles. The maximum absolute atomic E-state index is 11.9. The number of benzene rings is 1. The molecular weight excluding hydrogens is 272 g/mol. The molecule has 1 aromatic carbocycles. The van der Waals surface area contributed by atoms with Crippen LogP contribution in [0.25, 0.3) is 10.9 Å². The molecule has 0 spiro atoms. The Kier molecular flexibility index (Phi) is 3.90. The zero-order chi connectivity index (χ0) is 14.9. The molecule has 5 heteroatoms. The van der Waals surface area contributed by atoms with Crippen LogP contribution >= 0.6 is 11.8 Å². The van der Waals surface area contributed by atoms with E-state index in [4.69, 9.17) is 10.5 Å². The van der Waals surface area contributed by atoms with E-state index in [-0.39, 0.29) is 4.75 Å². The molecule has 0 fully saturated rings. The van der Waals surface area contributed by atoms with Crippen LogP contribution in [0.4, 0.5) is 5.69 Å². The highest BCUT2D eigenvalue weighted by molar-refractivity contribution is 8.00. The standard InChI is InChI=1S/C15H18N2O2S/c1-15(2,3)20-11-8-10(14(18)19-4)12(16)9-6-5-7-17-13(9)11/h5-8H,16H2,1-4H3. The highest BCUT2D eigenvalue weighted by atomic mass is 32.2. The van der Waals surface area contributed by atoms with Gasteiger partial charge in [0, 0.05) is 21.2 Å². The van der Waals surface area contributed by atoms with E-state index in [0.29, 0.717) is 11.3 Å². The van der Waals surface area contributed by atoms with Gasteiger partial charge in [0.1, 0.15) is 0 Å². The van der Waals surface area contributed by atoms with Crippen LogP contribution < -0.4 is 5.73 Å². The third-order valence-corrected chi connectivity index (χ3v) is 3.86. The Morgan fingerprint density at radius 2 is 2.10 bits per heavy atom. The largest absolute Gasteiger partial charge is 0.465 e. The number of fused-ring (bicyclic) bond motifs is 1. The first-order chi connectivity index (χ1) is 9.33. The van der Waals surface area contributed by atoms with Gasteiger partial charge in [-0.25, -0.2) is 4.79 Å². The summed E-state index contributed by atoms with van der Waals surface area (Å²) in [5.41, 5.74) is 7.70. The Labute approximate surface area is 122 Å². The molecule has 0 aliphatic rings. The molecule has 0 bridgehead atoms. The van der Waals surface area contributed by atoms with Gasteiger partial charge in [-0.1, -0.05) is 20.8 Å². The second kappa shape index (κ2) is 5.32. The topological polar surface area (TPSA) is 65.2 Å². The van der Waals surface area contributed by atoms with Gasteiger partial charge in [0.05, 0.1) is 23.9 Å². The maximum Gasteiger partial charge on any atom is 0.340 e. The van der Waals surface area contributed by atoms with Crippen LogP contribution in [-0.4, -0.2) is 22.8 Å². The molecule has 20 heavy (non-hydrogen) atoms. The molecule has 2 aromatic rings. The van der Waals surface area contributed by atoms with Crippen LogP contribution in [0.5, 0.6) is 0 Å². The fraction of sp³-hybridized carbons (Fsp3) is 0.333. The molecular formula is C15H18N2O2S. The Balaban J connectivity index is 2.72. The number of methoxy groups -OCH3 is 1. The van der Waals surface area contributed by atoms with Crippen molar-refractivity contribution in [1.29, 1.82) is 0 Å². The van der Waals surface area contributed by atoms with E-state index >= 15 is 0 Å². The van der Waals surface area contributed by atoms with Crippen LogP contribution in [0.15, 0.2) is 29.3 Å². The molecule has 0 atom stereocenters. The van der Waals surface area contributed by atoms with Gasteiger partial charge in [0.15, 0.2) is 0 Å². The van der Waals surface area contributed by atoms with Crippen molar-refractivity contribution < 1.29 is 9.53 Å². The number of anilines is 1. The average molecular weight is 290 g/mol. The molecule has 4 nitrogen and oxygen atoms in total. The molecule has 0 unspecified atom stereocenters. The minimum atomic E-state index is -0.427. The van der Waals surface area contributed by atoms with Gasteiger partial charge in [-0.2, -0.15) is 0 Å². The van der Waals surface area contributed by atoms with Crippen molar-refractivity contribution in [2.75, 3.05) is 12.8 Å². The van der Waals surface area contributed by atoms with Crippen molar-refractivity contribution in [1.82, 2.24) is 4.98 Å². The van der Waals surface area contributed by atoms with Gasteiger partial charge in [-0.3, -0.25) is 4.98 Å². The van der Waals surface area contributed by atoms with Gasteiger partial charge >= 0.3 is 5.97 Å². The Morgan fingerprint density at radius 1 is 1.40 bits per heavy atom. The van der Waals surface area contributed by atoms with Crippen molar-refractivity contribution in [3.05, 3.63) is 30.0 Å². The second-order valence-electron chi connectivity index (χ2n) is 5.44. The Morgan fingerprint density at radius 3 is 2.70 bits per heavy atom. The zero-order valence-electron chi connectivity index (χ0n) is 12.1. The number of carbonyl (C=O) groups is 1. The highest BCUT2D eigenvalue weighted by Crippen LogP contribution is 2.39. The molecule has 1 aromatic heterocycles. The van der Waals surface area contributed by atoms with Gasteiger partial charge in [-0.05, 0) is 18.2 Å². The molecule has 2 rings (SSSR count). The van der Waals surface area contributed by atoms with Crippen molar-refractivity contribution in [2.24, 2.45) is 0 Å².